The van der Waals surface area contributed by atoms with Crippen molar-refractivity contribution < 1.29 is 5.11 Å². The molecule has 1 saturated heterocycles. The van der Waals surface area contributed by atoms with Crippen LogP contribution in [0, 0.1) is 0 Å². The smallest absolute Gasteiger partial charge is 0.0674 e. The minimum absolute atomic E-state index is 0.251. The Morgan fingerprint density at radius 3 is 2.77 bits per heavy atom. The van der Waals surface area contributed by atoms with Crippen molar-refractivity contribution in [3.63, 3.8) is 0 Å². The van der Waals surface area contributed by atoms with Gasteiger partial charge in [0.25, 0.3) is 0 Å². The lowest BCUT2D eigenvalue weighted by Gasteiger charge is -2.24. The average molecular weight is 197 g/mol. The zero-order chi connectivity index (χ0) is 9.10. The molecule has 0 bridgehead atoms. The first-order valence-electron chi connectivity index (χ1n) is 4.80. The van der Waals surface area contributed by atoms with Gasteiger partial charge in [-0.2, -0.15) is 0 Å². The summed E-state index contributed by atoms with van der Waals surface area (Å²) in [5.74, 6) is 0. The third kappa shape index (κ3) is 1.93. The third-order valence-corrected chi connectivity index (χ3v) is 3.60. The van der Waals surface area contributed by atoms with Gasteiger partial charge in [0.1, 0.15) is 0 Å². The van der Waals surface area contributed by atoms with Gasteiger partial charge in [-0.1, -0.05) is 6.07 Å². The van der Waals surface area contributed by atoms with Gasteiger partial charge in [-0.3, -0.25) is 4.90 Å². The van der Waals surface area contributed by atoms with Gasteiger partial charge in [-0.15, -0.1) is 11.3 Å². The summed E-state index contributed by atoms with van der Waals surface area (Å²) in [6, 6.07) is 4.42. The third-order valence-electron chi connectivity index (χ3n) is 2.63. The van der Waals surface area contributed by atoms with E-state index in [1.807, 2.05) is 0 Å². The molecule has 0 radical (unpaired) electrons. The Balaban J connectivity index is 2.08. The van der Waals surface area contributed by atoms with E-state index in [2.05, 4.69) is 22.4 Å². The summed E-state index contributed by atoms with van der Waals surface area (Å²) in [5, 5.41) is 11.4. The van der Waals surface area contributed by atoms with Gasteiger partial charge in [0, 0.05) is 4.88 Å². The van der Waals surface area contributed by atoms with Gasteiger partial charge in [0.15, 0.2) is 0 Å². The van der Waals surface area contributed by atoms with Crippen LogP contribution >= 0.6 is 11.3 Å². The number of likely N-dealkylation sites (tertiary alicyclic amines) is 1. The standard InChI is InChI=1S/C10H15NOS/c12-8-9(10-4-3-7-13-10)11-5-1-2-6-11/h3-4,7,9,12H,1-2,5-6,8H2. The molecular weight excluding hydrogens is 182 g/mol. The highest BCUT2D eigenvalue weighted by Gasteiger charge is 2.22. The number of thiophene rings is 1. The monoisotopic (exact) mass is 197 g/mol. The average Bonchev–Trinajstić information content (AvgIpc) is 2.76. The van der Waals surface area contributed by atoms with Crippen LogP contribution in [0.2, 0.25) is 0 Å². The lowest BCUT2D eigenvalue weighted by Crippen LogP contribution is -2.27. The largest absolute Gasteiger partial charge is 0.394 e. The van der Waals surface area contributed by atoms with Gasteiger partial charge in [0.2, 0.25) is 0 Å². The predicted octanol–water partition coefficient (Wildman–Crippen LogP) is 1.88. The summed E-state index contributed by atoms with van der Waals surface area (Å²) in [4.78, 5) is 3.68. The summed E-state index contributed by atoms with van der Waals surface area (Å²) < 4.78 is 0. The van der Waals surface area contributed by atoms with E-state index < -0.39 is 0 Å². The quantitative estimate of drug-likeness (QED) is 0.799. The molecule has 1 atom stereocenters. The molecule has 1 aliphatic rings. The van der Waals surface area contributed by atoms with Crippen LogP contribution < -0.4 is 0 Å². The van der Waals surface area contributed by atoms with Crippen molar-refractivity contribution in [3.8, 4) is 0 Å². The molecule has 1 aromatic rings. The molecule has 2 rings (SSSR count). The number of hydrogen-bond donors (Lipinski definition) is 1. The number of rotatable bonds is 3. The molecule has 2 heterocycles. The fourth-order valence-corrected chi connectivity index (χ4v) is 2.77. The van der Waals surface area contributed by atoms with Gasteiger partial charge in [-0.05, 0) is 37.4 Å². The second-order valence-electron chi connectivity index (χ2n) is 3.46. The van der Waals surface area contributed by atoms with Crippen molar-refractivity contribution in [2.45, 2.75) is 18.9 Å². The van der Waals surface area contributed by atoms with E-state index in [0.717, 1.165) is 13.1 Å². The van der Waals surface area contributed by atoms with Crippen LogP contribution in [0.15, 0.2) is 17.5 Å². The summed E-state index contributed by atoms with van der Waals surface area (Å²) in [6.45, 7) is 2.53. The molecule has 2 nitrogen and oxygen atoms in total. The zero-order valence-electron chi connectivity index (χ0n) is 7.65. The van der Waals surface area contributed by atoms with E-state index in [0.29, 0.717) is 0 Å². The van der Waals surface area contributed by atoms with Crippen LogP contribution in [0.3, 0.4) is 0 Å². The van der Waals surface area contributed by atoms with Crippen molar-refractivity contribution in [3.05, 3.63) is 22.4 Å². The van der Waals surface area contributed by atoms with E-state index in [1.165, 1.54) is 17.7 Å². The van der Waals surface area contributed by atoms with E-state index in [1.54, 1.807) is 11.3 Å². The summed E-state index contributed by atoms with van der Waals surface area (Å²) in [5.41, 5.74) is 0. The van der Waals surface area contributed by atoms with Gasteiger partial charge in [0.05, 0.1) is 12.6 Å². The van der Waals surface area contributed by atoms with Crippen LogP contribution in [0.4, 0.5) is 0 Å². The predicted molar refractivity (Wildman–Crippen MR) is 55.0 cm³/mol. The molecule has 1 aromatic heterocycles. The Hall–Kier alpha value is -0.380. The molecule has 72 valence electrons. The highest BCUT2D eigenvalue weighted by atomic mass is 32.1. The normalized spacial score (nSPS) is 20.7. The molecular formula is C10H15NOS. The SMILES string of the molecule is OCC(c1cccs1)N1CCCC1. The number of nitrogens with zero attached hydrogens (tertiary/aromatic N) is 1. The Bertz CT molecular complexity index is 241. The molecule has 3 heteroatoms. The topological polar surface area (TPSA) is 23.5 Å². The van der Waals surface area contributed by atoms with Gasteiger partial charge < -0.3 is 5.11 Å². The van der Waals surface area contributed by atoms with Crippen LogP contribution in [0.25, 0.3) is 0 Å². The molecule has 13 heavy (non-hydrogen) atoms. The number of hydrogen-bond acceptors (Lipinski definition) is 3. The maximum Gasteiger partial charge on any atom is 0.0674 e. The maximum absolute atomic E-state index is 9.32. The number of aliphatic hydroxyl groups is 1. The lowest BCUT2D eigenvalue weighted by molar-refractivity contribution is 0.149. The molecule has 0 aromatic carbocycles. The van der Waals surface area contributed by atoms with Crippen molar-refractivity contribution >= 4 is 11.3 Å². The minimum Gasteiger partial charge on any atom is -0.394 e. The highest BCUT2D eigenvalue weighted by molar-refractivity contribution is 7.10. The Morgan fingerprint density at radius 2 is 2.23 bits per heavy atom. The highest BCUT2D eigenvalue weighted by Crippen LogP contribution is 2.27. The first-order valence-corrected chi connectivity index (χ1v) is 5.68. The molecule has 0 aliphatic carbocycles. The number of aliphatic hydroxyl groups excluding tert-OH is 1. The van der Waals surface area contributed by atoms with Crippen molar-refractivity contribution in [1.29, 1.82) is 0 Å². The van der Waals surface area contributed by atoms with Crippen LogP contribution in [0.1, 0.15) is 23.8 Å². The molecule has 1 unspecified atom stereocenters. The second kappa shape index (κ2) is 4.22. The Labute approximate surface area is 82.8 Å². The van der Waals surface area contributed by atoms with E-state index in [4.69, 9.17) is 0 Å². The zero-order valence-corrected chi connectivity index (χ0v) is 8.46. The lowest BCUT2D eigenvalue weighted by atomic mass is 10.2. The molecule has 0 amide bonds. The first kappa shape index (κ1) is 9.19. The van der Waals surface area contributed by atoms with Crippen molar-refractivity contribution in [2.75, 3.05) is 19.7 Å². The Morgan fingerprint density at radius 1 is 1.46 bits per heavy atom. The summed E-state index contributed by atoms with van der Waals surface area (Å²) in [7, 11) is 0. The summed E-state index contributed by atoms with van der Waals surface area (Å²) in [6.07, 6.45) is 2.56. The fraction of sp³-hybridized carbons (Fsp3) is 0.600. The molecule has 1 aliphatic heterocycles. The molecule has 0 spiro atoms. The van der Waals surface area contributed by atoms with Crippen LogP contribution in [0.5, 0.6) is 0 Å². The Kier molecular flexibility index (Phi) is 2.98. The van der Waals surface area contributed by atoms with Gasteiger partial charge >= 0.3 is 0 Å². The van der Waals surface area contributed by atoms with Crippen LogP contribution in [-0.2, 0) is 0 Å². The summed E-state index contributed by atoms with van der Waals surface area (Å²) >= 11 is 1.74. The van der Waals surface area contributed by atoms with Crippen LogP contribution in [-0.4, -0.2) is 29.7 Å². The minimum atomic E-state index is 0.251. The van der Waals surface area contributed by atoms with Crippen molar-refractivity contribution in [1.82, 2.24) is 4.90 Å². The second-order valence-corrected chi connectivity index (χ2v) is 4.44. The first-order chi connectivity index (χ1) is 6.42. The van der Waals surface area contributed by atoms with E-state index in [-0.39, 0.29) is 12.6 Å². The van der Waals surface area contributed by atoms with Crippen molar-refractivity contribution in [2.24, 2.45) is 0 Å². The maximum atomic E-state index is 9.32. The van der Waals surface area contributed by atoms with E-state index >= 15 is 0 Å². The molecule has 0 saturated carbocycles. The molecule has 1 N–H and O–H groups in total. The van der Waals surface area contributed by atoms with Gasteiger partial charge in [-0.25, -0.2) is 0 Å². The molecule has 1 fully saturated rings. The van der Waals surface area contributed by atoms with E-state index in [9.17, 15) is 5.11 Å². The fourth-order valence-electron chi connectivity index (χ4n) is 1.92.